The number of phenols is 1. The van der Waals surface area contributed by atoms with Crippen LogP contribution in [0.15, 0.2) is 45.7 Å². The maximum atomic E-state index is 12.8. The SMILES string of the molecule is Cc1c(CC(=O)N2CCN(c3ccccn3)CC2)c(=O)oc2cc(O)c(Cl)cc12. The number of anilines is 1. The van der Waals surface area contributed by atoms with E-state index in [1.165, 1.54) is 6.07 Å². The predicted octanol–water partition coefficient (Wildman–Crippen LogP) is 2.75. The van der Waals surface area contributed by atoms with Gasteiger partial charge in [-0.3, -0.25) is 4.79 Å². The summed E-state index contributed by atoms with van der Waals surface area (Å²) in [6.45, 7) is 4.25. The summed E-state index contributed by atoms with van der Waals surface area (Å²) in [5, 5.41) is 10.5. The molecule has 1 saturated heterocycles. The first-order chi connectivity index (χ1) is 13.9. The van der Waals surface area contributed by atoms with Crippen molar-refractivity contribution in [3.63, 3.8) is 0 Å². The molecule has 1 fully saturated rings. The zero-order valence-electron chi connectivity index (χ0n) is 15.9. The van der Waals surface area contributed by atoms with E-state index in [0.29, 0.717) is 42.7 Å². The highest BCUT2D eigenvalue weighted by molar-refractivity contribution is 6.32. The highest BCUT2D eigenvalue weighted by atomic mass is 35.5. The number of hydrogen-bond donors (Lipinski definition) is 1. The second-order valence-electron chi connectivity index (χ2n) is 7.03. The molecule has 0 unspecified atom stereocenters. The molecular weight excluding hydrogens is 394 g/mol. The average Bonchev–Trinajstić information content (AvgIpc) is 2.73. The molecule has 0 aliphatic carbocycles. The van der Waals surface area contributed by atoms with Crippen LogP contribution in [0.5, 0.6) is 5.75 Å². The molecule has 2 aromatic heterocycles. The molecule has 1 N–H and O–H groups in total. The predicted molar refractivity (Wildman–Crippen MR) is 111 cm³/mol. The first-order valence-electron chi connectivity index (χ1n) is 9.32. The molecular formula is C21H20ClN3O4. The Morgan fingerprint density at radius 1 is 1.24 bits per heavy atom. The summed E-state index contributed by atoms with van der Waals surface area (Å²) in [5.74, 6) is 0.618. The Balaban J connectivity index is 1.51. The molecule has 0 saturated carbocycles. The number of halogens is 1. The Hall–Kier alpha value is -3.06. The molecule has 150 valence electrons. The van der Waals surface area contributed by atoms with Crippen molar-refractivity contribution in [2.24, 2.45) is 0 Å². The van der Waals surface area contributed by atoms with Crippen molar-refractivity contribution in [3.8, 4) is 5.75 Å². The summed E-state index contributed by atoms with van der Waals surface area (Å²) in [4.78, 5) is 33.5. The van der Waals surface area contributed by atoms with Crippen molar-refractivity contribution in [3.05, 3.63) is 63.1 Å². The molecule has 4 rings (SSSR count). The molecule has 8 heteroatoms. The molecule has 3 aromatic rings. The van der Waals surface area contributed by atoms with E-state index < -0.39 is 5.63 Å². The van der Waals surface area contributed by atoms with Gasteiger partial charge in [-0.1, -0.05) is 17.7 Å². The number of nitrogens with zero attached hydrogens (tertiary/aromatic N) is 3. The van der Waals surface area contributed by atoms with Crippen molar-refractivity contribution in [2.75, 3.05) is 31.1 Å². The van der Waals surface area contributed by atoms with Gasteiger partial charge in [-0.2, -0.15) is 0 Å². The molecule has 3 heterocycles. The molecule has 1 aromatic carbocycles. The highest BCUT2D eigenvalue weighted by Gasteiger charge is 2.24. The van der Waals surface area contributed by atoms with E-state index in [1.54, 1.807) is 24.1 Å². The number of carbonyl (C=O) groups is 1. The zero-order chi connectivity index (χ0) is 20.5. The van der Waals surface area contributed by atoms with E-state index in [9.17, 15) is 14.7 Å². The Morgan fingerprint density at radius 2 is 2.00 bits per heavy atom. The Labute approximate surface area is 172 Å². The number of rotatable bonds is 3. The largest absolute Gasteiger partial charge is 0.506 e. The van der Waals surface area contributed by atoms with Gasteiger partial charge in [-0.15, -0.1) is 0 Å². The summed E-state index contributed by atoms with van der Waals surface area (Å²) in [5.41, 5.74) is 0.627. The lowest BCUT2D eigenvalue weighted by molar-refractivity contribution is -0.130. The van der Waals surface area contributed by atoms with Crippen molar-refractivity contribution in [1.29, 1.82) is 0 Å². The van der Waals surface area contributed by atoms with Crippen LogP contribution in [0.2, 0.25) is 5.02 Å². The maximum Gasteiger partial charge on any atom is 0.340 e. The minimum Gasteiger partial charge on any atom is -0.506 e. The topological polar surface area (TPSA) is 86.9 Å². The summed E-state index contributed by atoms with van der Waals surface area (Å²) < 4.78 is 5.31. The molecule has 1 aliphatic rings. The van der Waals surface area contributed by atoms with Crippen molar-refractivity contribution >= 4 is 34.3 Å². The van der Waals surface area contributed by atoms with Crippen LogP contribution in [0.3, 0.4) is 0 Å². The summed E-state index contributed by atoms with van der Waals surface area (Å²) in [7, 11) is 0. The lowest BCUT2D eigenvalue weighted by Gasteiger charge is -2.35. The number of carbonyl (C=O) groups excluding carboxylic acids is 1. The van der Waals surface area contributed by atoms with Crippen molar-refractivity contribution in [2.45, 2.75) is 13.3 Å². The van der Waals surface area contributed by atoms with E-state index in [1.807, 2.05) is 18.2 Å². The maximum absolute atomic E-state index is 12.8. The molecule has 7 nitrogen and oxygen atoms in total. The standard InChI is InChI=1S/C21H20ClN3O4/c1-13-14-10-16(22)17(26)12-18(14)29-21(28)15(13)11-20(27)25-8-6-24(7-9-25)19-4-2-3-5-23-19/h2-5,10,12,26H,6-9,11H2,1H3. The van der Waals surface area contributed by atoms with Crippen LogP contribution in [0.1, 0.15) is 11.1 Å². The molecule has 0 radical (unpaired) electrons. The first kappa shape index (κ1) is 19.3. The smallest absolute Gasteiger partial charge is 0.340 e. The lowest BCUT2D eigenvalue weighted by atomic mass is 10.0. The Kier molecular flexibility index (Phi) is 5.15. The van der Waals surface area contributed by atoms with E-state index in [4.69, 9.17) is 16.0 Å². The molecule has 1 amide bonds. The van der Waals surface area contributed by atoms with Gasteiger partial charge in [0.25, 0.3) is 0 Å². The number of amides is 1. The number of aromatic hydroxyl groups is 1. The minimum atomic E-state index is -0.572. The second kappa shape index (κ2) is 7.75. The number of piperazine rings is 1. The van der Waals surface area contributed by atoms with Crippen LogP contribution >= 0.6 is 11.6 Å². The number of fused-ring (bicyclic) bond motifs is 1. The number of aromatic nitrogens is 1. The Bertz CT molecular complexity index is 1120. The van der Waals surface area contributed by atoms with E-state index >= 15 is 0 Å². The summed E-state index contributed by atoms with van der Waals surface area (Å²) in [6, 6.07) is 8.62. The molecule has 1 aliphatic heterocycles. The third-order valence-electron chi connectivity index (χ3n) is 5.29. The number of pyridine rings is 1. The van der Waals surface area contributed by atoms with Gasteiger partial charge in [0.05, 0.1) is 17.0 Å². The Morgan fingerprint density at radius 3 is 2.69 bits per heavy atom. The third-order valence-corrected chi connectivity index (χ3v) is 5.59. The monoisotopic (exact) mass is 413 g/mol. The number of phenolic OH excluding ortho intramolecular Hbond substituents is 1. The average molecular weight is 414 g/mol. The van der Waals surface area contributed by atoms with E-state index in [-0.39, 0.29) is 28.7 Å². The van der Waals surface area contributed by atoms with Crippen LogP contribution in [-0.2, 0) is 11.2 Å². The first-order valence-corrected chi connectivity index (χ1v) is 9.70. The fourth-order valence-corrected chi connectivity index (χ4v) is 3.75. The third kappa shape index (κ3) is 3.78. The van der Waals surface area contributed by atoms with Gasteiger partial charge in [0.15, 0.2) is 0 Å². The fraction of sp³-hybridized carbons (Fsp3) is 0.286. The fourth-order valence-electron chi connectivity index (χ4n) is 3.59. The van der Waals surface area contributed by atoms with Crippen molar-refractivity contribution in [1.82, 2.24) is 9.88 Å². The number of aryl methyl sites for hydroxylation is 1. The van der Waals surface area contributed by atoms with E-state index in [2.05, 4.69) is 9.88 Å². The minimum absolute atomic E-state index is 0.0355. The van der Waals surface area contributed by atoms with Gasteiger partial charge < -0.3 is 19.3 Å². The number of hydrogen-bond acceptors (Lipinski definition) is 6. The molecule has 0 bridgehead atoms. The van der Waals surface area contributed by atoms with Crippen molar-refractivity contribution < 1.29 is 14.3 Å². The van der Waals surface area contributed by atoms with Gasteiger partial charge in [-0.05, 0) is 30.7 Å². The number of benzene rings is 1. The normalized spacial score (nSPS) is 14.4. The second-order valence-corrected chi connectivity index (χ2v) is 7.43. The zero-order valence-corrected chi connectivity index (χ0v) is 16.6. The van der Waals surface area contributed by atoms with Crippen LogP contribution < -0.4 is 10.5 Å². The summed E-state index contributed by atoms with van der Waals surface area (Å²) >= 11 is 5.99. The molecule has 29 heavy (non-hydrogen) atoms. The molecule has 0 spiro atoms. The lowest BCUT2D eigenvalue weighted by Crippen LogP contribution is -2.49. The van der Waals surface area contributed by atoms with Gasteiger partial charge in [0.1, 0.15) is 17.2 Å². The quantitative estimate of drug-likeness (QED) is 0.664. The van der Waals surface area contributed by atoms with E-state index in [0.717, 1.165) is 5.82 Å². The van der Waals surface area contributed by atoms with Gasteiger partial charge in [-0.25, -0.2) is 9.78 Å². The molecule has 0 atom stereocenters. The van der Waals surface area contributed by atoms with Gasteiger partial charge in [0.2, 0.25) is 5.91 Å². The van der Waals surface area contributed by atoms with Crippen LogP contribution in [-0.4, -0.2) is 47.1 Å². The van der Waals surface area contributed by atoms with Crippen LogP contribution in [0, 0.1) is 6.92 Å². The van der Waals surface area contributed by atoms with Crippen LogP contribution in [0.4, 0.5) is 5.82 Å². The van der Waals surface area contributed by atoms with Crippen LogP contribution in [0.25, 0.3) is 11.0 Å². The summed E-state index contributed by atoms with van der Waals surface area (Å²) in [6.07, 6.45) is 1.72. The van der Waals surface area contributed by atoms with Gasteiger partial charge in [0, 0.05) is 43.8 Å². The van der Waals surface area contributed by atoms with Gasteiger partial charge >= 0.3 is 5.63 Å². The highest BCUT2D eigenvalue weighted by Crippen LogP contribution is 2.31.